The van der Waals surface area contributed by atoms with Gasteiger partial charge in [-0.3, -0.25) is 0 Å². The van der Waals surface area contributed by atoms with Crippen molar-refractivity contribution in [3.63, 3.8) is 0 Å². The fourth-order valence-corrected chi connectivity index (χ4v) is 3.79. The van der Waals surface area contributed by atoms with E-state index in [0.717, 1.165) is 27.6 Å². The van der Waals surface area contributed by atoms with Crippen molar-refractivity contribution in [2.24, 2.45) is 0 Å². The summed E-state index contributed by atoms with van der Waals surface area (Å²) in [6.45, 7) is 2.95. The topological polar surface area (TPSA) is 37.8 Å². The molecule has 0 aliphatic carbocycles. The normalized spacial score (nSPS) is 10.8. The molecule has 0 amide bonds. The van der Waals surface area contributed by atoms with Crippen LogP contribution in [0.25, 0.3) is 0 Å². The summed E-state index contributed by atoms with van der Waals surface area (Å²) in [5.74, 6) is 0.922. The van der Waals surface area contributed by atoms with Crippen molar-refractivity contribution in [2.75, 3.05) is 7.05 Å². The molecule has 3 nitrogen and oxygen atoms in total. The van der Waals surface area contributed by atoms with Gasteiger partial charge in [-0.2, -0.15) is 4.37 Å². The molecule has 0 atom stereocenters. The Morgan fingerprint density at radius 1 is 1.44 bits per heavy atom. The molecular weight excluding hydrogens is 330 g/mol. The molecule has 0 saturated carbocycles. The fraction of sp³-hybridized carbons (Fsp3) is 0.333. The van der Waals surface area contributed by atoms with E-state index in [0.29, 0.717) is 0 Å². The molecule has 6 heteroatoms. The van der Waals surface area contributed by atoms with Crippen LogP contribution in [-0.2, 0) is 13.0 Å². The Hall–Kier alpha value is -0.430. The van der Waals surface area contributed by atoms with Gasteiger partial charge in [-0.15, -0.1) is 0 Å². The second kappa shape index (κ2) is 6.65. The maximum atomic E-state index is 4.46. The molecule has 0 fully saturated rings. The van der Waals surface area contributed by atoms with Gasteiger partial charge < -0.3 is 5.32 Å². The number of nitrogens with zero attached hydrogens (tertiary/aromatic N) is 2. The zero-order valence-electron chi connectivity index (χ0n) is 10.2. The third-order valence-electron chi connectivity index (χ3n) is 2.34. The Bertz CT molecular complexity index is 528. The third kappa shape index (κ3) is 3.54. The second-order valence-corrected chi connectivity index (χ2v) is 6.62. The largest absolute Gasteiger partial charge is 0.316 e. The molecule has 2 rings (SSSR count). The van der Waals surface area contributed by atoms with Crippen LogP contribution in [0.3, 0.4) is 0 Å². The van der Waals surface area contributed by atoms with Gasteiger partial charge in [0, 0.05) is 22.3 Å². The summed E-state index contributed by atoms with van der Waals surface area (Å²) in [4.78, 5) is 5.64. The first-order valence-electron chi connectivity index (χ1n) is 5.66. The van der Waals surface area contributed by atoms with Crippen LogP contribution in [0.5, 0.6) is 0 Å². The summed E-state index contributed by atoms with van der Waals surface area (Å²) in [6, 6.07) is 6.39. The van der Waals surface area contributed by atoms with Gasteiger partial charge in [-0.05, 0) is 52.2 Å². The molecule has 0 saturated heterocycles. The Labute approximate surface area is 124 Å². The predicted molar refractivity (Wildman–Crippen MR) is 80.3 cm³/mol. The Morgan fingerprint density at radius 3 is 2.89 bits per heavy atom. The molecule has 0 aliphatic rings. The van der Waals surface area contributed by atoms with E-state index in [4.69, 9.17) is 0 Å². The summed E-state index contributed by atoms with van der Waals surface area (Å²) >= 11 is 6.72. The van der Waals surface area contributed by atoms with E-state index in [1.54, 1.807) is 11.8 Å². The summed E-state index contributed by atoms with van der Waals surface area (Å²) in [5.41, 5.74) is 1.26. The predicted octanol–water partition coefficient (Wildman–Crippen LogP) is 3.73. The van der Waals surface area contributed by atoms with Crippen LogP contribution in [-0.4, -0.2) is 16.4 Å². The Morgan fingerprint density at radius 2 is 2.28 bits per heavy atom. The van der Waals surface area contributed by atoms with Gasteiger partial charge >= 0.3 is 0 Å². The minimum atomic E-state index is 0.877. The van der Waals surface area contributed by atoms with E-state index in [1.165, 1.54) is 22.0 Å². The number of nitrogens with one attached hydrogen (secondary N) is 1. The number of aromatic nitrogens is 2. The minimum absolute atomic E-state index is 0.877. The van der Waals surface area contributed by atoms with Crippen molar-refractivity contribution in [1.82, 2.24) is 14.7 Å². The van der Waals surface area contributed by atoms with Crippen LogP contribution in [0.4, 0.5) is 0 Å². The first-order chi connectivity index (χ1) is 8.72. The molecule has 1 heterocycles. The smallest absolute Gasteiger partial charge is 0.174 e. The van der Waals surface area contributed by atoms with Gasteiger partial charge in [0.05, 0.1) is 0 Å². The second-order valence-electron chi connectivity index (χ2n) is 3.73. The van der Waals surface area contributed by atoms with Gasteiger partial charge in [0.2, 0.25) is 0 Å². The van der Waals surface area contributed by atoms with Crippen molar-refractivity contribution < 1.29 is 0 Å². The Balaban J connectivity index is 2.13. The third-order valence-corrected chi connectivity index (χ3v) is 5.12. The van der Waals surface area contributed by atoms with Gasteiger partial charge in [-0.25, -0.2) is 4.98 Å². The van der Waals surface area contributed by atoms with E-state index in [-0.39, 0.29) is 0 Å². The summed E-state index contributed by atoms with van der Waals surface area (Å²) < 4.78 is 6.39. The molecule has 0 spiro atoms. The molecule has 0 radical (unpaired) electrons. The van der Waals surface area contributed by atoms with Gasteiger partial charge in [0.1, 0.15) is 5.82 Å². The van der Waals surface area contributed by atoms with Crippen molar-refractivity contribution >= 4 is 39.2 Å². The quantitative estimate of drug-likeness (QED) is 0.897. The van der Waals surface area contributed by atoms with E-state index < -0.39 is 0 Å². The lowest BCUT2D eigenvalue weighted by atomic mass is 10.2. The SMILES string of the molecule is CCc1nsc(Sc2ccc(CNC)cc2Br)n1. The molecule has 2 aromatic rings. The van der Waals surface area contributed by atoms with Gasteiger partial charge in [0.15, 0.2) is 4.34 Å². The molecule has 1 aromatic heterocycles. The van der Waals surface area contributed by atoms with Crippen LogP contribution in [0.2, 0.25) is 0 Å². The van der Waals surface area contributed by atoms with Gasteiger partial charge in [-0.1, -0.05) is 24.8 Å². The highest BCUT2D eigenvalue weighted by molar-refractivity contribution is 9.10. The maximum Gasteiger partial charge on any atom is 0.174 e. The lowest BCUT2D eigenvalue weighted by Crippen LogP contribution is -2.04. The lowest BCUT2D eigenvalue weighted by molar-refractivity contribution is 0.816. The molecule has 0 bridgehead atoms. The number of rotatable bonds is 5. The minimum Gasteiger partial charge on any atom is -0.316 e. The van der Waals surface area contributed by atoms with E-state index in [1.807, 2.05) is 7.05 Å². The highest BCUT2D eigenvalue weighted by atomic mass is 79.9. The zero-order valence-corrected chi connectivity index (χ0v) is 13.5. The first-order valence-corrected chi connectivity index (χ1v) is 8.04. The number of hydrogen-bond donors (Lipinski definition) is 1. The van der Waals surface area contributed by atoms with Crippen molar-refractivity contribution in [2.45, 2.75) is 29.1 Å². The molecule has 0 aliphatic heterocycles. The van der Waals surface area contributed by atoms with E-state index >= 15 is 0 Å². The standard InChI is InChI=1S/C12H14BrN3S2/c1-3-11-15-12(18-16-11)17-10-5-4-8(7-14-2)6-9(10)13/h4-6,14H,3,7H2,1-2H3. The number of benzene rings is 1. The van der Waals surface area contributed by atoms with Crippen LogP contribution in [0.1, 0.15) is 18.3 Å². The summed E-state index contributed by atoms with van der Waals surface area (Å²) in [7, 11) is 1.95. The van der Waals surface area contributed by atoms with Gasteiger partial charge in [0.25, 0.3) is 0 Å². The van der Waals surface area contributed by atoms with Crippen LogP contribution in [0, 0.1) is 0 Å². The molecule has 96 valence electrons. The zero-order chi connectivity index (χ0) is 13.0. The average molecular weight is 344 g/mol. The van der Waals surface area contributed by atoms with Crippen molar-refractivity contribution in [1.29, 1.82) is 0 Å². The molecule has 18 heavy (non-hydrogen) atoms. The highest BCUT2D eigenvalue weighted by Gasteiger charge is 2.08. The van der Waals surface area contributed by atoms with E-state index in [2.05, 4.69) is 55.7 Å². The fourth-order valence-electron chi connectivity index (χ4n) is 1.46. The maximum absolute atomic E-state index is 4.46. The van der Waals surface area contributed by atoms with Crippen molar-refractivity contribution in [3.8, 4) is 0 Å². The first kappa shape index (κ1) is 14.0. The number of halogens is 1. The number of aryl methyl sites for hydroxylation is 1. The van der Waals surface area contributed by atoms with Crippen LogP contribution in [0.15, 0.2) is 31.9 Å². The van der Waals surface area contributed by atoms with E-state index in [9.17, 15) is 0 Å². The summed E-state index contributed by atoms with van der Waals surface area (Å²) in [5, 5.41) is 3.14. The number of hydrogen-bond acceptors (Lipinski definition) is 5. The molecular formula is C12H14BrN3S2. The summed E-state index contributed by atoms with van der Waals surface area (Å²) in [6.07, 6.45) is 0.888. The Kier molecular flexibility index (Phi) is 5.17. The average Bonchev–Trinajstić information content (AvgIpc) is 2.81. The molecule has 1 N–H and O–H groups in total. The monoisotopic (exact) mass is 343 g/mol. The lowest BCUT2D eigenvalue weighted by Gasteiger charge is -2.05. The van der Waals surface area contributed by atoms with Crippen LogP contribution >= 0.6 is 39.2 Å². The van der Waals surface area contributed by atoms with Crippen LogP contribution < -0.4 is 5.32 Å². The highest BCUT2D eigenvalue weighted by Crippen LogP contribution is 2.34. The molecule has 1 aromatic carbocycles. The molecule has 0 unspecified atom stereocenters. The van der Waals surface area contributed by atoms with Crippen molar-refractivity contribution in [3.05, 3.63) is 34.1 Å².